The minimum atomic E-state index is -5.06. The number of alkyl halides is 3. The van der Waals surface area contributed by atoms with Crippen molar-refractivity contribution in [1.82, 2.24) is 9.55 Å². The van der Waals surface area contributed by atoms with E-state index in [0.29, 0.717) is 17.1 Å². The summed E-state index contributed by atoms with van der Waals surface area (Å²) in [4.78, 5) is 7.87. The van der Waals surface area contributed by atoms with Crippen molar-refractivity contribution in [3.05, 3.63) is 84.2 Å². The summed E-state index contributed by atoms with van der Waals surface area (Å²) in [6.07, 6.45) is -3.58. The molecule has 0 saturated heterocycles. The van der Waals surface area contributed by atoms with Crippen LogP contribution in [0.5, 0.6) is 5.75 Å². The number of pyridine rings is 1. The fourth-order valence-electron chi connectivity index (χ4n) is 4.33. The maximum absolute atomic E-state index is 14.2. The van der Waals surface area contributed by atoms with Gasteiger partial charge in [0.05, 0.1) is 18.3 Å². The fourth-order valence-corrected chi connectivity index (χ4v) is 4.33. The lowest BCUT2D eigenvalue weighted by molar-refractivity contribution is -0.232. The third-order valence-corrected chi connectivity index (χ3v) is 6.26. The first-order valence-electron chi connectivity index (χ1n) is 11.5. The Morgan fingerprint density at radius 2 is 1.78 bits per heavy atom. The monoisotopic (exact) mass is 517 g/mol. The molecular formula is C27H24F5N3O2. The standard InChI is InChI=1S/C27H24F5N3O2/c1-3-17(18-7-4-8-20(28)25(18)37-2)15-26(36,27(30,31)32)16-33-21-9-5-10-22-19(21)13-14-35(22)24-12-6-11-23(29)34-24/h4-14,16-17,36H,3,15H2,1-2H3/b33-16+. The first-order chi connectivity index (χ1) is 17.6. The molecule has 2 unspecified atom stereocenters. The Bertz CT molecular complexity index is 1430. The minimum absolute atomic E-state index is 0.159. The van der Waals surface area contributed by atoms with Gasteiger partial charge in [-0.15, -0.1) is 0 Å². The van der Waals surface area contributed by atoms with E-state index in [1.807, 2.05) is 0 Å². The van der Waals surface area contributed by atoms with Crippen LogP contribution in [0.2, 0.25) is 0 Å². The van der Waals surface area contributed by atoms with Gasteiger partial charge in [0.1, 0.15) is 5.82 Å². The minimum Gasteiger partial charge on any atom is -0.493 e. The predicted molar refractivity (Wildman–Crippen MR) is 131 cm³/mol. The average Bonchev–Trinajstić information content (AvgIpc) is 3.30. The van der Waals surface area contributed by atoms with Crippen LogP contribution >= 0.6 is 0 Å². The zero-order valence-corrected chi connectivity index (χ0v) is 20.0. The summed E-state index contributed by atoms with van der Waals surface area (Å²) in [6.45, 7) is 1.65. The zero-order valence-electron chi connectivity index (χ0n) is 20.0. The molecule has 194 valence electrons. The average molecular weight is 517 g/mol. The van der Waals surface area contributed by atoms with E-state index in [2.05, 4.69) is 9.98 Å². The number of benzene rings is 2. The molecule has 2 atom stereocenters. The number of para-hydroxylation sites is 1. The number of aromatic nitrogens is 2. The lowest BCUT2D eigenvalue weighted by Gasteiger charge is -2.31. The quantitative estimate of drug-likeness (QED) is 0.157. The second-order valence-corrected chi connectivity index (χ2v) is 8.57. The van der Waals surface area contributed by atoms with Crippen LogP contribution in [0.4, 0.5) is 27.6 Å². The van der Waals surface area contributed by atoms with Gasteiger partial charge < -0.3 is 14.4 Å². The molecular weight excluding hydrogens is 493 g/mol. The molecule has 2 aromatic heterocycles. The van der Waals surface area contributed by atoms with Gasteiger partial charge in [0, 0.05) is 23.4 Å². The summed E-state index contributed by atoms with van der Waals surface area (Å²) in [5.41, 5.74) is -2.37. The zero-order chi connectivity index (χ0) is 26.8. The number of nitrogens with zero attached hydrogens (tertiary/aromatic N) is 3. The van der Waals surface area contributed by atoms with Gasteiger partial charge in [-0.05, 0) is 55.2 Å². The van der Waals surface area contributed by atoms with Crippen LogP contribution in [0.25, 0.3) is 16.7 Å². The van der Waals surface area contributed by atoms with Crippen molar-refractivity contribution in [3.63, 3.8) is 0 Å². The molecule has 4 aromatic rings. The Morgan fingerprint density at radius 1 is 1.05 bits per heavy atom. The molecule has 5 nitrogen and oxygen atoms in total. The molecule has 1 N–H and O–H groups in total. The van der Waals surface area contributed by atoms with Crippen molar-refractivity contribution in [2.24, 2.45) is 4.99 Å². The molecule has 0 aliphatic carbocycles. The highest BCUT2D eigenvalue weighted by Crippen LogP contribution is 2.42. The van der Waals surface area contributed by atoms with Gasteiger partial charge in [-0.2, -0.15) is 17.6 Å². The third kappa shape index (κ3) is 5.20. The normalized spacial score (nSPS) is 14.7. The number of ether oxygens (including phenoxy) is 1. The number of halogens is 5. The van der Waals surface area contributed by atoms with E-state index in [1.54, 1.807) is 42.0 Å². The molecule has 0 aliphatic heterocycles. The molecule has 2 heterocycles. The van der Waals surface area contributed by atoms with Crippen molar-refractivity contribution in [3.8, 4) is 11.6 Å². The number of aliphatic imine (C=N–C) groups is 1. The summed E-state index contributed by atoms with van der Waals surface area (Å²) in [6, 6.07) is 14.7. The van der Waals surface area contributed by atoms with Crippen LogP contribution in [-0.4, -0.2) is 39.8 Å². The Labute approximate surface area is 209 Å². The van der Waals surface area contributed by atoms with Gasteiger partial charge in [-0.1, -0.05) is 31.2 Å². The van der Waals surface area contributed by atoms with E-state index < -0.39 is 35.9 Å². The number of methoxy groups -OCH3 is 1. The third-order valence-electron chi connectivity index (χ3n) is 6.26. The molecule has 0 bridgehead atoms. The van der Waals surface area contributed by atoms with E-state index >= 15 is 0 Å². The van der Waals surface area contributed by atoms with Crippen molar-refractivity contribution < 1.29 is 31.8 Å². The maximum atomic E-state index is 14.2. The van der Waals surface area contributed by atoms with Crippen LogP contribution in [-0.2, 0) is 0 Å². The summed E-state index contributed by atoms with van der Waals surface area (Å²) >= 11 is 0. The fraction of sp³-hybridized carbons (Fsp3) is 0.259. The number of hydrogen-bond donors (Lipinski definition) is 1. The molecule has 10 heteroatoms. The first-order valence-corrected chi connectivity index (χ1v) is 11.5. The SMILES string of the molecule is CCC(CC(O)(/C=N/c1cccc2c1ccn2-c1cccc(F)n1)C(F)(F)F)c1cccc(F)c1OC. The van der Waals surface area contributed by atoms with Crippen LogP contribution in [0, 0.1) is 11.8 Å². The number of aliphatic hydroxyl groups is 1. The Morgan fingerprint density at radius 3 is 2.46 bits per heavy atom. The van der Waals surface area contributed by atoms with Crippen LogP contribution in [0.15, 0.2) is 71.9 Å². The van der Waals surface area contributed by atoms with E-state index in [-0.39, 0.29) is 29.2 Å². The van der Waals surface area contributed by atoms with Gasteiger partial charge in [0.15, 0.2) is 17.2 Å². The van der Waals surface area contributed by atoms with Crippen molar-refractivity contribution in [1.29, 1.82) is 0 Å². The lowest BCUT2D eigenvalue weighted by Crippen LogP contribution is -2.47. The second kappa shape index (κ2) is 10.3. The largest absolute Gasteiger partial charge is 0.493 e. The summed E-state index contributed by atoms with van der Waals surface area (Å²) in [5, 5.41) is 11.3. The smallest absolute Gasteiger partial charge is 0.422 e. The molecule has 4 rings (SSSR count). The Balaban J connectivity index is 1.72. The van der Waals surface area contributed by atoms with E-state index in [0.717, 1.165) is 6.07 Å². The molecule has 0 fully saturated rings. The molecule has 0 aliphatic rings. The van der Waals surface area contributed by atoms with Gasteiger partial charge in [0.25, 0.3) is 0 Å². The van der Waals surface area contributed by atoms with Gasteiger partial charge in [-0.3, -0.25) is 4.99 Å². The number of rotatable bonds is 8. The molecule has 0 radical (unpaired) electrons. The van der Waals surface area contributed by atoms with Crippen LogP contribution < -0.4 is 4.74 Å². The first kappa shape index (κ1) is 26.3. The topological polar surface area (TPSA) is 59.6 Å². The lowest BCUT2D eigenvalue weighted by atomic mass is 9.84. The summed E-state index contributed by atoms with van der Waals surface area (Å²) in [7, 11) is 1.23. The number of fused-ring (bicyclic) bond motifs is 1. The van der Waals surface area contributed by atoms with E-state index in [9.17, 15) is 27.1 Å². The Kier molecular flexibility index (Phi) is 7.31. The van der Waals surface area contributed by atoms with Gasteiger partial charge in [0.2, 0.25) is 5.95 Å². The summed E-state index contributed by atoms with van der Waals surface area (Å²) in [5.74, 6) is -2.12. The maximum Gasteiger partial charge on any atom is 0.422 e. The predicted octanol–water partition coefficient (Wildman–Crippen LogP) is 6.89. The van der Waals surface area contributed by atoms with E-state index in [4.69, 9.17) is 4.74 Å². The van der Waals surface area contributed by atoms with Crippen molar-refractivity contribution >= 4 is 22.8 Å². The van der Waals surface area contributed by atoms with Gasteiger partial charge in [-0.25, -0.2) is 9.37 Å². The van der Waals surface area contributed by atoms with Crippen molar-refractivity contribution in [2.45, 2.75) is 37.5 Å². The van der Waals surface area contributed by atoms with E-state index in [1.165, 1.54) is 37.4 Å². The molecule has 0 saturated carbocycles. The highest BCUT2D eigenvalue weighted by molar-refractivity contribution is 5.93. The van der Waals surface area contributed by atoms with Crippen molar-refractivity contribution in [2.75, 3.05) is 7.11 Å². The second-order valence-electron chi connectivity index (χ2n) is 8.57. The number of hydrogen-bond acceptors (Lipinski definition) is 4. The van der Waals surface area contributed by atoms with Gasteiger partial charge >= 0.3 is 6.18 Å². The molecule has 0 amide bonds. The highest BCUT2D eigenvalue weighted by atomic mass is 19.4. The summed E-state index contributed by atoms with van der Waals surface area (Å²) < 4.78 is 77.0. The van der Waals surface area contributed by atoms with Crippen LogP contribution in [0.3, 0.4) is 0 Å². The highest BCUT2D eigenvalue weighted by Gasteiger charge is 2.53. The Hall–Kier alpha value is -3.79. The molecule has 0 spiro atoms. The molecule has 37 heavy (non-hydrogen) atoms. The molecule has 2 aromatic carbocycles. The van der Waals surface area contributed by atoms with Crippen LogP contribution in [0.1, 0.15) is 31.2 Å².